The minimum absolute atomic E-state index is 0.0313. The lowest BCUT2D eigenvalue weighted by Gasteiger charge is -2.24. The molecule has 0 saturated heterocycles. The number of nitriles is 1. The van der Waals surface area contributed by atoms with Crippen LogP contribution in [-0.2, 0) is 4.79 Å². The van der Waals surface area contributed by atoms with E-state index in [0.29, 0.717) is 5.56 Å². The molecule has 1 amide bonds. The fourth-order valence-electron chi connectivity index (χ4n) is 2.96. The first-order chi connectivity index (χ1) is 12.8. The minimum Gasteiger partial charge on any atom is -0.310 e. The highest BCUT2D eigenvalue weighted by atomic mass is 19.1. The molecule has 1 atom stereocenters. The lowest BCUT2D eigenvalue weighted by atomic mass is 10.1. The van der Waals surface area contributed by atoms with Crippen LogP contribution in [0.25, 0.3) is 0 Å². The number of hydrogen-bond donors (Lipinski definition) is 1. The lowest BCUT2D eigenvalue weighted by Crippen LogP contribution is -2.39. The summed E-state index contributed by atoms with van der Waals surface area (Å²) in [6, 6.07) is 10.8. The molecule has 2 aromatic carbocycles. The fraction of sp³-hybridized carbons (Fsp3) is 0.333. The molecule has 0 aliphatic heterocycles. The molecule has 0 saturated carbocycles. The third-order valence-electron chi connectivity index (χ3n) is 4.25. The van der Waals surface area contributed by atoms with Gasteiger partial charge in [0, 0.05) is 29.9 Å². The van der Waals surface area contributed by atoms with Gasteiger partial charge < -0.3 is 10.2 Å². The summed E-state index contributed by atoms with van der Waals surface area (Å²) in [4.78, 5) is 14.3. The molecule has 6 heteroatoms. The molecule has 0 spiro atoms. The molecule has 27 heavy (non-hydrogen) atoms. The molecule has 0 aliphatic carbocycles. The van der Waals surface area contributed by atoms with E-state index >= 15 is 0 Å². The molecule has 0 bridgehead atoms. The number of halogens is 2. The Morgan fingerprint density at radius 2 is 1.85 bits per heavy atom. The lowest BCUT2D eigenvalue weighted by molar-refractivity contribution is -0.117. The summed E-state index contributed by atoms with van der Waals surface area (Å²) >= 11 is 0. The van der Waals surface area contributed by atoms with E-state index in [1.807, 2.05) is 32.0 Å². The third-order valence-corrected chi connectivity index (χ3v) is 4.25. The Morgan fingerprint density at radius 1 is 1.19 bits per heavy atom. The normalized spacial score (nSPS) is 11.7. The topological polar surface area (TPSA) is 56.1 Å². The number of anilines is 1. The van der Waals surface area contributed by atoms with Crippen molar-refractivity contribution in [3.8, 4) is 6.07 Å². The second-order valence-corrected chi connectivity index (χ2v) is 6.57. The Hall–Kier alpha value is -2.78. The number of nitrogens with one attached hydrogen (secondary N) is 1. The molecule has 0 fully saturated rings. The maximum Gasteiger partial charge on any atom is 0.240 e. The Morgan fingerprint density at radius 3 is 2.44 bits per heavy atom. The quantitative estimate of drug-likeness (QED) is 0.794. The molecule has 4 nitrogen and oxygen atoms in total. The summed E-state index contributed by atoms with van der Waals surface area (Å²) in [6.07, 6.45) is 0.209. The van der Waals surface area contributed by atoms with Crippen molar-refractivity contribution < 1.29 is 13.6 Å². The first-order valence-corrected chi connectivity index (χ1v) is 8.75. The predicted molar refractivity (Wildman–Crippen MR) is 101 cm³/mol. The van der Waals surface area contributed by atoms with Gasteiger partial charge in [0.1, 0.15) is 11.6 Å². The molecule has 2 aromatic rings. The number of rotatable bonds is 7. The Bertz CT molecular complexity index is 841. The molecule has 0 aromatic heterocycles. The zero-order chi connectivity index (χ0) is 20.0. The van der Waals surface area contributed by atoms with Gasteiger partial charge in [-0.05, 0) is 50.1 Å². The van der Waals surface area contributed by atoms with Gasteiger partial charge in [-0.2, -0.15) is 5.26 Å². The number of nitrogens with zero attached hydrogens (tertiary/aromatic N) is 2. The number of amides is 1. The van der Waals surface area contributed by atoms with Crippen molar-refractivity contribution in [1.29, 1.82) is 5.26 Å². The van der Waals surface area contributed by atoms with Gasteiger partial charge in [-0.3, -0.25) is 4.79 Å². The van der Waals surface area contributed by atoms with Gasteiger partial charge in [0.2, 0.25) is 5.91 Å². The summed E-state index contributed by atoms with van der Waals surface area (Å²) in [5.74, 6) is -1.51. The van der Waals surface area contributed by atoms with Crippen molar-refractivity contribution in [2.24, 2.45) is 0 Å². The monoisotopic (exact) mass is 371 g/mol. The second kappa shape index (κ2) is 9.24. The van der Waals surface area contributed by atoms with Crippen molar-refractivity contribution in [3.05, 3.63) is 64.7 Å². The van der Waals surface area contributed by atoms with Crippen LogP contribution in [0.15, 0.2) is 36.4 Å². The fourth-order valence-corrected chi connectivity index (χ4v) is 2.96. The molecule has 0 aliphatic rings. The smallest absolute Gasteiger partial charge is 0.240 e. The van der Waals surface area contributed by atoms with E-state index in [0.717, 1.165) is 22.9 Å². The van der Waals surface area contributed by atoms with Crippen LogP contribution in [0.1, 0.15) is 36.1 Å². The molecule has 0 radical (unpaired) electrons. The van der Waals surface area contributed by atoms with Gasteiger partial charge in [0.05, 0.1) is 19.0 Å². The molecule has 2 rings (SSSR count). The zero-order valence-electron chi connectivity index (χ0n) is 15.7. The first-order valence-electron chi connectivity index (χ1n) is 8.75. The maximum atomic E-state index is 13.9. The largest absolute Gasteiger partial charge is 0.310 e. The van der Waals surface area contributed by atoms with Gasteiger partial charge in [-0.1, -0.05) is 12.1 Å². The van der Waals surface area contributed by atoms with E-state index in [2.05, 4.69) is 11.4 Å². The van der Waals surface area contributed by atoms with Crippen molar-refractivity contribution in [1.82, 2.24) is 5.32 Å². The van der Waals surface area contributed by atoms with Gasteiger partial charge in [0.25, 0.3) is 0 Å². The summed E-state index contributed by atoms with van der Waals surface area (Å²) in [7, 11) is 0. The highest BCUT2D eigenvalue weighted by Crippen LogP contribution is 2.20. The Balaban J connectivity index is 2.12. The van der Waals surface area contributed by atoms with Gasteiger partial charge in [-0.25, -0.2) is 8.78 Å². The molecule has 1 N–H and O–H groups in total. The van der Waals surface area contributed by atoms with Gasteiger partial charge >= 0.3 is 0 Å². The van der Waals surface area contributed by atoms with Gasteiger partial charge in [0.15, 0.2) is 0 Å². The zero-order valence-corrected chi connectivity index (χ0v) is 15.7. The van der Waals surface area contributed by atoms with E-state index in [4.69, 9.17) is 5.26 Å². The molecule has 1 unspecified atom stereocenters. The Labute approximate surface area is 158 Å². The van der Waals surface area contributed by atoms with Crippen molar-refractivity contribution in [3.63, 3.8) is 0 Å². The average molecular weight is 371 g/mol. The third kappa shape index (κ3) is 5.60. The number of hydrogen-bond acceptors (Lipinski definition) is 3. The van der Waals surface area contributed by atoms with Crippen LogP contribution in [0.2, 0.25) is 0 Å². The maximum absolute atomic E-state index is 13.9. The molecule has 0 heterocycles. The predicted octanol–water partition coefficient (Wildman–Crippen LogP) is 4.18. The summed E-state index contributed by atoms with van der Waals surface area (Å²) in [5.41, 5.74) is 3.07. The first kappa shape index (κ1) is 20.5. The van der Waals surface area contributed by atoms with E-state index in [1.165, 1.54) is 12.1 Å². The molecular weight excluding hydrogens is 348 g/mol. The van der Waals surface area contributed by atoms with Crippen LogP contribution in [0.4, 0.5) is 14.5 Å². The van der Waals surface area contributed by atoms with Crippen LogP contribution >= 0.6 is 0 Å². The minimum atomic E-state index is -0.655. The highest BCUT2D eigenvalue weighted by Gasteiger charge is 2.18. The van der Waals surface area contributed by atoms with E-state index in [-0.39, 0.29) is 25.4 Å². The van der Waals surface area contributed by atoms with Crippen LogP contribution in [-0.4, -0.2) is 19.0 Å². The standard InChI is InChI=1S/C21H23F2N3O/c1-14-9-15(2)11-18(10-14)26(8-4-7-24)21(27)13-25-16(3)19-6-5-17(22)12-20(19)23/h5-6,9-12,16,25H,4,8,13H2,1-3H3. The SMILES string of the molecule is Cc1cc(C)cc(N(CCC#N)C(=O)CNC(C)c2ccc(F)cc2F)c1. The number of carbonyl (C=O) groups is 1. The van der Waals surface area contributed by atoms with Crippen LogP contribution < -0.4 is 10.2 Å². The Kier molecular flexibility index (Phi) is 7.03. The van der Waals surface area contributed by atoms with E-state index < -0.39 is 17.7 Å². The van der Waals surface area contributed by atoms with Gasteiger partial charge in [-0.15, -0.1) is 0 Å². The summed E-state index contributed by atoms with van der Waals surface area (Å²) in [6.45, 7) is 5.85. The summed E-state index contributed by atoms with van der Waals surface area (Å²) < 4.78 is 26.9. The van der Waals surface area contributed by atoms with Crippen molar-refractivity contribution in [2.45, 2.75) is 33.2 Å². The number of aryl methyl sites for hydroxylation is 2. The van der Waals surface area contributed by atoms with Crippen LogP contribution in [0, 0.1) is 36.8 Å². The second-order valence-electron chi connectivity index (χ2n) is 6.57. The molecular formula is C21H23F2N3O. The van der Waals surface area contributed by atoms with Crippen LogP contribution in [0.5, 0.6) is 0 Å². The van der Waals surface area contributed by atoms with Crippen molar-refractivity contribution >= 4 is 11.6 Å². The van der Waals surface area contributed by atoms with E-state index in [1.54, 1.807) is 11.8 Å². The van der Waals surface area contributed by atoms with E-state index in [9.17, 15) is 13.6 Å². The highest BCUT2D eigenvalue weighted by molar-refractivity contribution is 5.95. The van der Waals surface area contributed by atoms with Crippen molar-refractivity contribution in [2.75, 3.05) is 18.0 Å². The summed E-state index contributed by atoms with van der Waals surface area (Å²) in [5, 5.41) is 11.9. The molecule has 142 valence electrons. The average Bonchev–Trinajstić information content (AvgIpc) is 2.59. The number of benzene rings is 2. The number of carbonyl (C=O) groups excluding carboxylic acids is 1. The van der Waals surface area contributed by atoms with Crippen LogP contribution in [0.3, 0.4) is 0 Å².